The molecule has 0 aliphatic carbocycles. The molecule has 0 spiro atoms. The van der Waals surface area contributed by atoms with Crippen molar-refractivity contribution in [2.75, 3.05) is 6.61 Å². The zero-order valence-corrected chi connectivity index (χ0v) is 16.8. The van der Waals surface area contributed by atoms with E-state index in [-0.39, 0.29) is 31.0 Å². The largest absolute Gasteiger partial charge is 0.466 e. The van der Waals surface area contributed by atoms with Gasteiger partial charge in [0, 0.05) is 31.0 Å². The molecular formula is C22H32F2O4. The molecule has 0 atom stereocenters. The van der Waals surface area contributed by atoms with E-state index < -0.39 is 17.6 Å². The molecule has 4 nitrogen and oxygen atoms in total. The molecule has 0 amide bonds. The Bertz CT molecular complexity index is 570. The molecule has 0 fully saturated rings. The predicted molar refractivity (Wildman–Crippen MR) is 104 cm³/mol. The Morgan fingerprint density at radius 2 is 1.29 bits per heavy atom. The lowest BCUT2D eigenvalue weighted by molar-refractivity contribution is -0.144. The van der Waals surface area contributed by atoms with Gasteiger partial charge in [-0.15, -0.1) is 0 Å². The van der Waals surface area contributed by atoms with Gasteiger partial charge in [-0.05, 0) is 12.8 Å². The van der Waals surface area contributed by atoms with Crippen molar-refractivity contribution in [2.45, 2.75) is 84.0 Å². The van der Waals surface area contributed by atoms with Crippen LogP contribution in [0.3, 0.4) is 0 Å². The van der Waals surface area contributed by atoms with Crippen LogP contribution in [0.2, 0.25) is 0 Å². The monoisotopic (exact) mass is 398 g/mol. The fraction of sp³-hybridized carbons (Fsp3) is 0.636. The number of benzene rings is 1. The molecule has 0 N–H and O–H groups in total. The predicted octanol–water partition coefficient (Wildman–Crippen LogP) is 6.11. The quantitative estimate of drug-likeness (QED) is 0.203. The van der Waals surface area contributed by atoms with Gasteiger partial charge >= 0.3 is 11.9 Å². The maximum Gasteiger partial charge on any atom is 0.311 e. The molecule has 28 heavy (non-hydrogen) atoms. The summed E-state index contributed by atoms with van der Waals surface area (Å²) in [6.07, 6.45) is 11.1. The average Bonchev–Trinajstić information content (AvgIpc) is 2.62. The third kappa shape index (κ3) is 12.4. The number of ether oxygens (including phenoxy) is 2. The summed E-state index contributed by atoms with van der Waals surface area (Å²) < 4.78 is 36.0. The number of hydrogen-bond donors (Lipinski definition) is 0. The summed E-state index contributed by atoms with van der Waals surface area (Å²) in [5.74, 6) is -2.80. The molecule has 158 valence electrons. The van der Waals surface area contributed by atoms with Gasteiger partial charge in [0.05, 0.1) is 6.61 Å². The number of carbonyl (C=O) groups excluding carboxylic acids is 2. The Balaban J connectivity index is 1.99. The first-order valence-corrected chi connectivity index (χ1v) is 10.3. The summed E-state index contributed by atoms with van der Waals surface area (Å²) in [4.78, 5) is 23.3. The van der Waals surface area contributed by atoms with Crippen molar-refractivity contribution in [1.82, 2.24) is 0 Å². The third-order valence-corrected chi connectivity index (χ3v) is 4.34. The van der Waals surface area contributed by atoms with E-state index in [2.05, 4.69) is 6.92 Å². The average molecular weight is 398 g/mol. The van der Waals surface area contributed by atoms with Gasteiger partial charge in [-0.3, -0.25) is 9.59 Å². The van der Waals surface area contributed by atoms with E-state index in [1.807, 2.05) is 0 Å². The summed E-state index contributed by atoms with van der Waals surface area (Å²) in [7, 11) is 0. The lowest BCUT2D eigenvalue weighted by atomic mass is 10.1. The molecule has 0 radical (unpaired) electrons. The minimum Gasteiger partial charge on any atom is -0.466 e. The molecule has 1 aromatic carbocycles. The van der Waals surface area contributed by atoms with Crippen LogP contribution in [0.15, 0.2) is 18.2 Å². The summed E-state index contributed by atoms with van der Waals surface area (Å²) >= 11 is 0. The first-order valence-electron chi connectivity index (χ1n) is 10.3. The van der Waals surface area contributed by atoms with Gasteiger partial charge < -0.3 is 9.47 Å². The summed E-state index contributed by atoms with van der Waals surface area (Å²) in [6.45, 7) is 2.61. The van der Waals surface area contributed by atoms with E-state index in [0.717, 1.165) is 31.4 Å². The maximum atomic E-state index is 13.0. The number of hydrogen-bond acceptors (Lipinski definition) is 4. The zero-order chi connectivity index (χ0) is 20.6. The van der Waals surface area contributed by atoms with Crippen molar-refractivity contribution < 1.29 is 27.8 Å². The Kier molecular flexibility index (Phi) is 12.9. The highest BCUT2D eigenvalue weighted by molar-refractivity contribution is 5.74. The van der Waals surface area contributed by atoms with E-state index >= 15 is 0 Å². The van der Waals surface area contributed by atoms with Crippen LogP contribution in [0.5, 0.6) is 5.75 Å². The second-order valence-electron chi connectivity index (χ2n) is 6.98. The number of rotatable bonds is 15. The van der Waals surface area contributed by atoms with Crippen LogP contribution in [0.1, 0.15) is 84.0 Å². The first-order chi connectivity index (χ1) is 13.5. The lowest BCUT2D eigenvalue weighted by Gasteiger charge is -2.06. The molecule has 0 aliphatic heterocycles. The maximum absolute atomic E-state index is 13.0. The molecule has 0 bridgehead atoms. The van der Waals surface area contributed by atoms with Gasteiger partial charge in [0.25, 0.3) is 0 Å². The van der Waals surface area contributed by atoms with Crippen LogP contribution >= 0.6 is 0 Å². The molecule has 1 rings (SSSR count). The second kappa shape index (κ2) is 15.0. The lowest BCUT2D eigenvalue weighted by Crippen LogP contribution is -2.10. The molecule has 6 heteroatoms. The molecule has 0 saturated carbocycles. The summed E-state index contributed by atoms with van der Waals surface area (Å²) in [6, 6.07) is 2.56. The van der Waals surface area contributed by atoms with Crippen LogP contribution in [-0.2, 0) is 14.3 Å². The van der Waals surface area contributed by atoms with Gasteiger partial charge in [0.1, 0.15) is 17.4 Å². The highest BCUT2D eigenvalue weighted by Gasteiger charge is 2.10. The molecule has 0 unspecified atom stereocenters. The number of carbonyl (C=O) groups is 2. The minimum atomic E-state index is -0.817. The normalized spacial score (nSPS) is 10.7. The SMILES string of the molecule is CCCCCCCCCCCOC(=O)CCCC(=O)Oc1cc(F)cc(F)c1. The first kappa shape index (κ1) is 24.1. The Morgan fingerprint density at radius 3 is 1.89 bits per heavy atom. The number of esters is 2. The Hall–Kier alpha value is -1.98. The topological polar surface area (TPSA) is 52.6 Å². The van der Waals surface area contributed by atoms with Crippen LogP contribution in [0.25, 0.3) is 0 Å². The number of unbranched alkanes of at least 4 members (excludes halogenated alkanes) is 8. The third-order valence-electron chi connectivity index (χ3n) is 4.34. The molecular weight excluding hydrogens is 366 g/mol. The van der Waals surface area contributed by atoms with Gasteiger partial charge in [0.15, 0.2) is 0 Å². The van der Waals surface area contributed by atoms with E-state index in [9.17, 15) is 18.4 Å². The van der Waals surface area contributed by atoms with Crippen molar-refractivity contribution in [3.63, 3.8) is 0 Å². The van der Waals surface area contributed by atoms with Crippen molar-refractivity contribution in [1.29, 1.82) is 0 Å². The highest BCUT2D eigenvalue weighted by Crippen LogP contribution is 2.16. The van der Waals surface area contributed by atoms with Crippen LogP contribution in [-0.4, -0.2) is 18.5 Å². The Labute approximate surface area is 166 Å². The highest BCUT2D eigenvalue weighted by atomic mass is 19.1. The van der Waals surface area contributed by atoms with Crippen LogP contribution in [0.4, 0.5) is 8.78 Å². The second-order valence-corrected chi connectivity index (χ2v) is 6.98. The molecule has 0 heterocycles. The molecule has 0 aromatic heterocycles. The van der Waals surface area contributed by atoms with Crippen LogP contribution in [0, 0.1) is 11.6 Å². The van der Waals surface area contributed by atoms with E-state index in [4.69, 9.17) is 9.47 Å². The standard InChI is InChI=1S/C22H32F2O4/c1-2-3-4-5-6-7-8-9-10-14-27-21(25)12-11-13-22(26)28-20-16-18(23)15-19(24)17-20/h15-17H,2-14H2,1H3. The van der Waals surface area contributed by atoms with E-state index in [1.165, 1.54) is 38.5 Å². The summed E-state index contributed by atoms with van der Waals surface area (Å²) in [5, 5.41) is 0. The minimum absolute atomic E-state index is 0.0226. The number of halogens is 2. The fourth-order valence-electron chi connectivity index (χ4n) is 2.82. The van der Waals surface area contributed by atoms with Gasteiger partial charge in [-0.25, -0.2) is 8.78 Å². The van der Waals surface area contributed by atoms with E-state index in [1.54, 1.807) is 0 Å². The van der Waals surface area contributed by atoms with Crippen LogP contribution < -0.4 is 4.74 Å². The smallest absolute Gasteiger partial charge is 0.311 e. The Morgan fingerprint density at radius 1 is 0.750 bits per heavy atom. The van der Waals surface area contributed by atoms with Gasteiger partial charge in [-0.2, -0.15) is 0 Å². The fourth-order valence-corrected chi connectivity index (χ4v) is 2.82. The molecule has 1 aromatic rings. The van der Waals surface area contributed by atoms with Gasteiger partial charge in [0.2, 0.25) is 0 Å². The van der Waals surface area contributed by atoms with Crippen molar-refractivity contribution in [3.8, 4) is 5.75 Å². The van der Waals surface area contributed by atoms with Crippen molar-refractivity contribution >= 4 is 11.9 Å². The summed E-state index contributed by atoms with van der Waals surface area (Å²) in [5.41, 5.74) is 0. The van der Waals surface area contributed by atoms with Crippen molar-refractivity contribution in [2.24, 2.45) is 0 Å². The molecule has 0 aliphatic rings. The van der Waals surface area contributed by atoms with Gasteiger partial charge in [-0.1, -0.05) is 58.3 Å². The van der Waals surface area contributed by atoms with E-state index in [0.29, 0.717) is 12.7 Å². The molecule has 0 saturated heterocycles. The van der Waals surface area contributed by atoms with Crippen molar-refractivity contribution in [3.05, 3.63) is 29.8 Å². The zero-order valence-electron chi connectivity index (χ0n) is 16.8.